The van der Waals surface area contributed by atoms with Crippen LogP contribution >= 0.6 is 22.6 Å². The fourth-order valence-corrected chi connectivity index (χ4v) is 3.52. The third-order valence-electron chi connectivity index (χ3n) is 3.58. The number of rotatable bonds is 3. The van der Waals surface area contributed by atoms with E-state index < -0.39 is 22.1 Å². The first-order valence-electron chi connectivity index (χ1n) is 6.53. The summed E-state index contributed by atoms with van der Waals surface area (Å²) in [7, 11) is 0. The Morgan fingerprint density at radius 3 is 2.55 bits per heavy atom. The lowest BCUT2D eigenvalue weighted by Gasteiger charge is -2.14. The number of carboxylic acids is 1. The van der Waals surface area contributed by atoms with E-state index in [0.29, 0.717) is 22.3 Å². The zero-order valence-corrected chi connectivity index (χ0v) is 13.4. The number of hydrogen-bond donors (Lipinski definition) is 2. The molecule has 112 valence electrons. The van der Waals surface area contributed by atoms with Crippen molar-refractivity contribution in [1.82, 2.24) is 5.32 Å². The van der Waals surface area contributed by atoms with E-state index in [9.17, 15) is 14.0 Å². The molecule has 0 radical (unpaired) electrons. The van der Waals surface area contributed by atoms with Gasteiger partial charge in [-0.3, -0.25) is 9.59 Å². The quantitative estimate of drug-likeness (QED) is 0.603. The number of alkyl halides is 2. The van der Waals surface area contributed by atoms with Crippen LogP contribution in [0.15, 0.2) is 42.5 Å². The molecule has 22 heavy (non-hydrogen) atoms. The van der Waals surface area contributed by atoms with E-state index in [1.54, 1.807) is 46.9 Å². The van der Waals surface area contributed by atoms with Gasteiger partial charge in [0, 0.05) is 16.7 Å². The van der Waals surface area contributed by atoms with E-state index in [1.165, 1.54) is 6.07 Å². The molecule has 1 unspecified atom stereocenters. The molecule has 1 aliphatic carbocycles. The van der Waals surface area contributed by atoms with Crippen molar-refractivity contribution in [3.8, 4) is 11.1 Å². The summed E-state index contributed by atoms with van der Waals surface area (Å²) in [6.07, 6.45) is 0. The third-order valence-corrected chi connectivity index (χ3v) is 4.74. The van der Waals surface area contributed by atoms with Crippen molar-refractivity contribution < 1.29 is 19.1 Å². The first-order chi connectivity index (χ1) is 10.4. The maximum absolute atomic E-state index is 15.0. The lowest BCUT2D eigenvalue weighted by Crippen LogP contribution is -2.29. The van der Waals surface area contributed by atoms with Crippen LogP contribution < -0.4 is 5.32 Å². The van der Waals surface area contributed by atoms with Gasteiger partial charge in [0.15, 0.2) is 0 Å². The second-order valence-electron chi connectivity index (χ2n) is 4.96. The highest BCUT2D eigenvalue weighted by atomic mass is 127. The van der Waals surface area contributed by atoms with Crippen molar-refractivity contribution in [2.24, 2.45) is 0 Å². The monoisotopic (exact) mass is 411 g/mol. The minimum Gasteiger partial charge on any atom is -0.480 e. The van der Waals surface area contributed by atoms with Crippen LogP contribution in [0.4, 0.5) is 4.39 Å². The number of carbonyl (C=O) groups excluding carboxylic acids is 1. The summed E-state index contributed by atoms with van der Waals surface area (Å²) in [6.45, 7) is -0.453. The van der Waals surface area contributed by atoms with Crippen LogP contribution in [0.1, 0.15) is 21.5 Å². The normalized spacial score (nSPS) is 18.5. The van der Waals surface area contributed by atoms with Crippen LogP contribution in [-0.2, 0) is 8.47 Å². The van der Waals surface area contributed by atoms with Gasteiger partial charge in [-0.25, -0.2) is 4.39 Å². The van der Waals surface area contributed by atoms with Crippen molar-refractivity contribution in [1.29, 1.82) is 0 Å². The Labute approximate surface area is 139 Å². The molecule has 0 bridgehead atoms. The Hall–Kier alpha value is -1.96. The summed E-state index contributed by atoms with van der Waals surface area (Å²) in [6, 6.07) is 11.8. The topological polar surface area (TPSA) is 66.4 Å². The second kappa shape index (κ2) is 5.35. The van der Waals surface area contributed by atoms with Gasteiger partial charge in [-0.1, -0.05) is 30.3 Å². The van der Waals surface area contributed by atoms with Gasteiger partial charge >= 0.3 is 5.97 Å². The predicted octanol–water partition coefficient (Wildman–Crippen LogP) is 3.09. The maximum atomic E-state index is 15.0. The van der Waals surface area contributed by atoms with Crippen molar-refractivity contribution in [3.63, 3.8) is 0 Å². The van der Waals surface area contributed by atoms with E-state index in [-0.39, 0.29) is 0 Å². The van der Waals surface area contributed by atoms with Crippen LogP contribution in [0.5, 0.6) is 0 Å². The number of nitrogens with one attached hydrogen (secondary N) is 1. The van der Waals surface area contributed by atoms with E-state index >= 15 is 0 Å². The molecule has 6 heteroatoms. The standard InChI is InChI=1S/C16H11FINO3/c17-16(18)12-4-2-1-3-10(12)11-7-9(5-6-13(11)16)15(22)19-8-14(20)21/h1-7H,8H2,(H,19,22)(H,20,21). The van der Waals surface area contributed by atoms with E-state index in [1.807, 2.05) is 12.1 Å². The average Bonchev–Trinajstić information content (AvgIpc) is 2.73. The highest BCUT2D eigenvalue weighted by molar-refractivity contribution is 14.1. The van der Waals surface area contributed by atoms with Crippen LogP contribution in [0.3, 0.4) is 0 Å². The molecule has 1 aliphatic rings. The molecule has 0 aliphatic heterocycles. The number of benzene rings is 2. The van der Waals surface area contributed by atoms with Crippen LogP contribution in [0, 0.1) is 0 Å². The number of carbonyl (C=O) groups is 2. The van der Waals surface area contributed by atoms with Gasteiger partial charge < -0.3 is 10.4 Å². The molecule has 0 saturated heterocycles. The summed E-state index contributed by atoms with van der Waals surface area (Å²) in [5.41, 5.74) is 2.79. The first-order valence-corrected chi connectivity index (χ1v) is 7.61. The smallest absolute Gasteiger partial charge is 0.322 e. The molecule has 4 nitrogen and oxygen atoms in total. The van der Waals surface area contributed by atoms with Crippen molar-refractivity contribution in [2.45, 2.75) is 3.68 Å². The number of amides is 1. The number of aliphatic carboxylic acids is 1. The molecule has 1 atom stereocenters. The largest absolute Gasteiger partial charge is 0.480 e. The van der Waals surface area contributed by atoms with Gasteiger partial charge in [0.05, 0.1) is 0 Å². The predicted molar refractivity (Wildman–Crippen MR) is 87.8 cm³/mol. The molecule has 0 fully saturated rings. The Balaban J connectivity index is 2.03. The van der Waals surface area contributed by atoms with Gasteiger partial charge in [-0.05, 0) is 45.9 Å². The molecule has 0 heterocycles. The van der Waals surface area contributed by atoms with Gasteiger partial charge in [0.1, 0.15) is 6.54 Å². The summed E-state index contributed by atoms with van der Waals surface area (Å²) < 4.78 is 13.4. The van der Waals surface area contributed by atoms with E-state index in [4.69, 9.17) is 5.11 Å². The van der Waals surface area contributed by atoms with Crippen LogP contribution in [0.2, 0.25) is 0 Å². The minimum atomic E-state index is -1.63. The third kappa shape index (κ3) is 2.37. The fourth-order valence-electron chi connectivity index (χ4n) is 2.58. The Bertz CT molecular complexity index is 789. The molecule has 1 amide bonds. The fraction of sp³-hybridized carbons (Fsp3) is 0.125. The molecule has 2 aromatic carbocycles. The maximum Gasteiger partial charge on any atom is 0.322 e. The zero-order chi connectivity index (χ0) is 15.9. The summed E-state index contributed by atoms with van der Waals surface area (Å²) >= 11 is 1.76. The molecule has 0 saturated carbocycles. The molecule has 0 spiro atoms. The van der Waals surface area contributed by atoms with E-state index in [0.717, 1.165) is 5.56 Å². The van der Waals surface area contributed by atoms with Gasteiger partial charge in [-0.2, -0.15) is 0 Å². The Morgan fingerprint density at radius 1 is 1.14 bits per heavy atom. The van der Waals surface area contributed by atoms with E-state index in [2.05, 4.69) is 5.32 Å². The van der Waals surface area contributed by atoms with Crippen LogP contribution in [-0.4, -0.2) is 23.5 Å². The summed E-state index contributed by atoms with van der Waals surface area (Å²) in [5, 5.41) is 10.9. The lowest BCUT2D eigenvalue weighted by molar-refractivity contribution is -0.135. The zero-order valence-electron chi connectivity index (χ0n) is 11.3. The second-order valence-corrected chi connectivity index (χ2v) is 6.44. The van der Waals surface area contributed by atoms with Gasteiger partial charge in [0.25, 0.3) is 5.91 Å². The Kier molecular flexibility index (Phi) is 3.64. The highest BCUT2D eigenvalue weighted by Gasteiger charge is 2.41. The summed E-state index contributed by atoms with van der Waals surface area (Å²) in [4.78, 5) is 22.5. The lowest BCUT2D eigenvalue weighted by atomic mass is 10.0. The molecule has 2 N–H and O–H groups in total. The Morgan fingerprint density at radius 2 is 1.82 bits per heavy atom. The molecule has 2 aromatic rings. The molecule has 0 aromatic heterocycles. The highest BCUT2D eigenvalue weighted by Crippen LogP contribution is 2.53. The average molecular weight is 411 g/mol. The summed E-state index contributed by atoms with van der Waals surface area (Å²) in [5.74, 6) is -1.61. The molecule has 3 rings (SSSR count). The van der Waals surface area contributed by atoms with Crippen molar-refractivity contribution in [2.75, 3.05) is 6.54 Å². The van der Waals surface area contributed by atoms with Gasteiger partial charge in [-0.15, -0.1) is 0 Å². The minimum absolute atomic E-state index is 0.309. The van der Waals surface area contributed by atoms with Crippen LogP contribution in [0.25, 0.3) is 11.1 Å². The van der Waals surface area contributed by atoms with Crippen molar-refractivity contribution in [3.05, 3.63) is 59.2 Å². The number of fused-ring (bicyclic) bond motifs is 3. The molecular formula is C16H11FINO3. The number of halogens is 2. The van der Waals surface area contributed by atoms with Crippen molar-refractivity contribution >= 4 is 34.5 Å². The SMILES string of the molecule is O=C(O)CNC(=O)c1ccc2c(c1)-c1ccccc1C2(F)I. The molecular weight excluding hydrogens is 400 g/mol. The number of hydrogen-bond acceptors (Lipinski definition) is 2. The first kappa shape index (κ1) is 15.0. The number of carboxylic acid groups (broad SMARTS) is 1. The van der Waals surface area contributed by atoms with Gasteiger partial charge in [0.2, 0.25) is 3.68 Å².